The topological polar surface area (TPSA) is 83.2 Å². The van der Waals surface area contributed by atoms with Gasteiger partial charge in [-0.3, -0.25) is 0 Å². The highest BCUT2D eigenvalue weighted by atomic mass is 16.3. The van der Waals surface area contributed by atoms with E-state index in [9.17, 15) is 10.2 Å². The van der Waals surface area contributed by atoms with Crippen molar-refractivity contribution in [2.45, 2.75) is 13.0 Å². The number of phenols is 2. The van der Waals surface area contributed by atoms with E-state index in [0.29, 0.717) is 6.54 Å². The minimum atomic E-state index is -0.0992. The monoisotopic (exact) mass is 248 g/mol. The van der Waals surface area contributed by atoms with E-state index in [4.69, 9.17) is 0 Å². The van der Waals surface area contributed by atoms with Crippen LogP contribution in [0.1, 0.15) is 11.4 Å². The lowest BCUT2D eigenvalue weighted by Gasteiger charge is -2.06. The Hall–Kier alpha value is -2.08. The molecule has 0 unspecified atom stereocenters. The van der Waals surface area contributed by atoms with Gasteiger partial charge in [0.1, 0.15) is 12.2 Å². The van der Waals surface area contributed by atoms with Crippen molar-refractivity contribution in [1.82, 2.24) is 20.1 Å². The highest BCUT2D eigenvalue weighted by molar-refractivity contribution is 5.40. The van der Waals surface area contributed by atoms with Gasteiger partial charge in [0.15, 0.2) is 11.5 Å². The zero-order valence-electron chi connectivity index (χ0n) is 10.2. The van der Waals surface area contributed by atoms with Crippen molar-refractivity contribution in [2.75, 3.05) is 6.54 Å². The first-order valence-electron chi connectivity index (χ1n) is 5.71. The van der Waals surface area contributed by atoms with E-state index in [1.165, 1.54) is 6.07 Å². The van der Waals surface area contributed by atoms with Crippen LogP contribution in [0.3, 0.4) is 0 Å². The van der Waals surface area contributed by atoms with E-state index in [-0.39, 0.29) is 11.5 Å². The molecule has 0 spiro atoms. The zero-order valence-corrected chi connectivity index (χ0v) is 10.2. The number of phenolic OH excluding ortho intramolecular Hbond substituents is 2. The number of nitrogens with zero attached hydrogens (tertiary/aromatic N) is 3. The molecule has 0 radical (unpaired) electrons. The number of rotatable bonds is 5. The largest absolute Gasteiger partial charge is 0.504 e. The van der Waals surface area contributed by atoms with Crippen molar-refractivity contribution in [3.8, 4) is 11.5 Å². The average Bonchev–Trinajstić information content (AvgIpc) is 2.75. The Morgan fingerprint density at radius 1 is 1.28 bits per heavy atom. The molecule has 2 aromatic rings. The number of benzene rings is 1. The molecular formula is C12H16N4O2. The second-order valence-electron chi connectivity index (χ2n) is 4.11. The highest BCUT2D eigenvalue weighted by Crippen LogP contribution is 2.24. The predicted octanol–water partition coefficient (Wildman–Crippen LogP) is 0.559. The maximum Gasteiger partial charge on any atom is 0.157 e. The van der Waals surface area contributed by atoms with E-state index in [1.54, 1.807) is 18.5 Å². The summed E-state index contributed by atoms with van der Waals surface area (Å²) >= 11 is 0. The average molecular weight is 248 g/mol. The van der Waals surface area contributed by atoms with Crippen molar-refractivity contribution < 1.29 is 10.2 Å². The van der Waals surface area contributed by atoms with Gasteiger partial charge in [-0.15, -0.1) is 10.2 Å². The van der Waals surface area contributed by atoms with Crippen LogP contribution >= 0.6 is 0 Å². The Morgan fingerprint density at radius 3 is 2.78 bits per heavy atom. The molecule has 0 bridgehead atoms. The summed E-state index contributed by atoms with van der Waals surface area (Å²) in [4.78, 5) is 0. The lowest BCUT2D eigenvalue weighted by Crippen LogP contribution is -2.18. The summed E-state index contributed by atoms with van der Waals surface area (Å²) in [5.74, 6) is 0.733. The zero-order chi connectivity index (χ0) is 13.0. The van der Waals surface area contributed by atoms with Crippen molar-refractivity contribution in [3.63, 3.8) is 0 Å². The van der Waals surface area contributed by atoms with Crippen molar-refractivity contribution in [3.05, 3.63) is 35.9 Å². The molecule has 3 N–H and O–H groups in total. The molecule has 0 fully saturated rings. The van der Waals surface area contributed by atoms with Gasteiger partial charge in [-0.2, -0.15) is 0 Å². The third kappa shape index (κ3) is 2.98. The smallest absolute Gasteiger partial charge is 0.157 e. The van der Waals surface area contributed by atoms with Crippen LogP contribution in [0.25, 0.3) is 0 Å². The molecular weight excluding hydrogens is 232 g/mol. The van der Waals surface area contributed by atoms with Gasteiger partial charge in [0.2, 0.25) is 0 Å². The van der Waals surface area contributed by atoms with Crippen LogP contribution in [0, 0.1) is 0 Å². The third-order valence-corrected chi connectivity index (χ3v) is 2.70. The fourth-order valence-corrected chi connectivity index (χ4v) is 1.65. The SMILES string of the molecule is Cn1cnnc1CCNCc1ccc(O)c(O)c1. The van der Waals surface area contributed by atoms with E-state index in [2.05, 4.69) is 15.5 Å². The Labute approximate surface area is 105 Å². The van der Waals surface area contributed by atoms with Crippen LogP contribution in [0.5, 0.6) is 11.5 Å². The Balaban J connectivity index is 1.78. The highest BCUT2D eigenvalue weighted by Gasteiger charge is 2.02. The van der Waals surface area contributed by atoms with Crippen LogP contribution in [-0.4, -0.2) is 31.5 Å². The van der Waals surface area contributed by atoms with Gasteiger partial charge in [0, 0.05) is 26.6 Å². The lowest BCUT2D eigenvalue weighted by atomic mass is 10.2. The standard InChI is InChI=1S/C12H16N4O2/c1-16-8-14-15-12(16)4-5-13-7-9-2-3-10(17)11(18)6-9/h2-3,6,8,13,17-18H,4-5,7H2,1H3. The van der Waals surface area contributed by atoms with Crippen LogP contribution in [0.4, 0.5) is 0 Å². The summed E-state index contributed by atoms with van der Waals surface area (Å²) in [6, 6.07) is 4.80. The molecule has 96 valence electrons. The second-order valence-corrected chi connectivity index (χ2v) is 4.11. The van der Waals surface area contributed by atoms with Gasteiger partial charge in [0.25, 0.3) is 0 Å². The number of aryl methyl sites for hydroxylation is 1. The second kappa shape index (κ2) is 5.50. The summed E-state index contributed by atoms with van der Waals surface area (Å²) in [6.45, 7) is 1.40. The Morgan fingerprint density at radius 2 is 2.11 bits per heavy atom. The molecule has 0 aliphatic heterocycles. The van der Waals surface area contributed by atoms with E-state index < -0.39 is 0 Å². The van der Waals surface area contributed by atoms with Crippen LogP contribution in [0.2, 0.25) is 0 Å². The number of aromatic hydroxyl groups is 2. The molecule has 0 aliphatic carbocycles. The normalized spacial score (nSPS) is 10.7. The van der Waals surface area contributed by atoms with Crippen LogP contribution < -0.4 is 5.32 Å². The number of hydrogen-bond donors (Lipinski definition) is 3. The first-order chi connectivity index (χ1) is 8.66. The van der Waals surface area contributed by atoms with E-state index in [0.717, 1.165) is 24.4 Å². The molecule has 0 atom stereocenters. The summed E-state index contributed by atoms with van der Waals surface area (Å²) in [5.41, 5.74) is 0.920. The van der Waals surface area contributed by atoms with Crippen molar-refractivity contribution in [2.24, 2.45) is 7.05 Å². The summed E-state index contributed by atoms with van der Waals surface area (Å²) < 4.78 is 1.88. The summed E-state index contributed by atoms with van der Waals surface area (Å²) in [6.07, 6.45) is 2.47. The molecule has 1 aromatic carbocycles. The van der Waals surface area contributed by atoms with Gasteiger partial charge in [-0.1, -0.05) is 6.07 Å². The number of hydrogen-bond acceptors (Lipinski definition) is 5. The molecule has 18 heavy (non-hydrogen) atoms. The fraction of sp³-hybridized carbons (Fsp3) is 0.333. The molecule has 6 heteroatoms. The van der Waals surface area contributed by atoms with Crippen molar-refractivity contribution in [1.29, 1.82) is 0 Å². The number of aromatic nitrogens is 3. The molecule has 1 aromatic heterocycles. The van der Waals surface area contributed by atoms with E-state index >= 15 is 0 Å². The Bertz CT molecular complexity index is 525. The quantitative estimate of drug-likeness (QED) is 0.532. The molecule has 0 aliphatic rings. The van der Waals surface area contributed by atoms with Gasteiger partial charge >= 0.3 is 0 Å². The van der Waals surface area contributed by atoms with Gasteiger partial charge < -0.3 is 20.1 Å². The lowest BCUT2D eigenvalue weighted by molar-refractivity contribution is 0.403. The molecule has 0 saturated heterocycles. The molecule has 1 heterocycles. The van der Waals surface area contributed by atoms with Gasteiger partial charge in [-0.25, -0.2) is 0 Å². The maximum atomic E-state index is 9.34. The minimum absolute atomic E-state index is 0.0948. The minimum Gasteiger partial charge on any atom is -0.504 e. The van der Waals surface area contributed by atoms with Gasteiger partial charge in [0.05, 0.1) is 0 Å². The summed E-state index contributed by atoms with van der Waals surface area (Å²) in [7, 11) is 1.91. The molecule has 6 nitrogen and oxygen atoms in total. The maximum absolute atomic E-state index is 9.34. The van der Waals surface area contributed by atoms with E-state index in [1.807, 2.05) is 11.6 Å². The predicted molar refractivity (Wildman–Crippen MR) is 66.2 cm³/mol. The van der Waals surface area contributed by atoms with Gasteiger partial charge in [-0.05, 0) is 17.7 Å². The fourth-order valence-electron chi connectivity index (χ4n) is 1.65. The molecule has 0 saturated carbocycles. The molecule has 0 amide bonds. The number of nitrogens with one attached hydrogen (secondary N) is 1. The summed E-state index contributed by atoms with van der Waals surface area (Å²) in [5, 5.41) is 29.6. The Kier molecular flexibility index (Phi) is 3.78. The first kappa shape index (κ1) is 12.4. The third-order valence-electron chi connectivity index (χ3n) is 2.70. The van der Waals surface area contributed by atoms with Crippen LogP contribution in [-0.2, 0) is 20.0 Å². The molecule has 2 rings (SSSR count). The van der Waals surface area contributed by atoms with Crippen LogP contribution in [0.15, 0.2) is 24.5 Å². The first-order valence-corrected chi connectivity index (χ1v) is 5.71. The van der Waals surface area contributed by atoms with Crippen molar-refractivity contribution >= 4 is 0 Å².